The molecule has 4 aliphatic rings. The highest BCUT2D eigenvalue weighted by Crippen LogP contribution is 2.49. The highest BCUT2D eigenvalue weighted by atomic mass is 16.7. The lowest BCUT2D eigenvalue weighted by molar-refractivity contribution is -0.0513. The summed E-state index contributed by atoms with van der Waals surface area (Å²) in [7, 11) is 0. The van der Waals surface area contributed by atoms with E-state index in [1.165, 1.54) is 31.2 Å². The van der Waals surface area contributed by atoms with Gasteiger partial charge in [0.25, 0.3) is 5.91 Å². The topological polar surface area (TPSA) is 62.2 Å². The van der Waals surface area contributed by atoms with Crippen molar-refractivity contribution in [2.45, 2.75) is 43.7 Å². The fraction of sp³-hybridized carbons (Fsp3) is 0.480. The first-order valence-electron chi connectivity index (χ1n) is 11.4. The van der Waals surface area contributed by atoms with Gasteiger partial charge in [-0.2, -0.15) is 0 Å². The molecule has 1 N–H and O–H groups in total. The third-order valence-electron chi connectivity index (χ3n) is 7.63. The van der Waals surface area contributed by atoms with Gasteiger partial charge < -0.3 is 19.5 Å². The van der Waals surface area contributed by atoms with Crippen LogP contribution in [0.15, 0.2) is 42.5 Å². The lowest BCUT2D eigenvalue weighted by Gasteiger charge is -2.59. The fourth-order valence-electron chi connectivity index (χ4n) is 6.11. The number of fused-ring (bicyclic) bond motifs is 4. The van der Waals surface area contributed by atoms with Gasteiger partial charge in [-0.1, -0.05) is 31.0 Å². The number of benzene rings is 2. The Morgan fingerprint density at radius 2 is 1.87 bits per heavy atom. The summed E-state index contributed by atoms with van der Waals surface area (Å²) in [5, 5.41) is 10.2. The molecule has 6 rings (SSSR count). The quantitative estimate of drug-likeness (QED) is 0.822. The molecular weight excluding hydrogens is 392 g/mol. The van der Waals surface area contributed by atoms with Crippen molar-refractivity contribution in [3.8, 4) is 11.5 Å². The monoisotopic (exact) mass is 420 g/mol. The van der Waals surface area contributed by atoms with E-state index in [9.17, 15) is 9.90 Å². The fourth-order valence-corrected chi connectivity index (χ4v) is 6.11. The molecule has 0 spiro atoms. The summed E-state index contributed by atoms with van der Waals surface area (Å²) in [6.45, 7) is 2.04. The molecule has 1 saturated carbocycles. The Labute approximate surface area is 182 Å². The molecule has 0 bridgehead atoms. The van der Waals surface area contributed by atoms with Crippen LogP contribution in [0.4, 0.5) is 5.69 Å². The largest absolute Gasteiger partial charge is 0.454 e. The molecule has 6 nitrogen and oxygen atoms in total. The molecule has 3 aliphatic heterocycles. The van der Waals surface area contributed by atoms with Crippen molar-refractivity contribution in [1.82, 2.24) is 4.90 Å². The van der Waals surface area contributed by atoms with Crippen LogP contribution in [-0.4, -0.2) is 54.5 Å². The maximum atomic E-state index is 13.6. The van der Waals surface area contributed by atoms with Crippen LogP contribution in [0.25, 0.3) is 0 Å². The number of nitrogens with zero attached hydrogens (tertiary/aromatic N) is 2. The molecule has 31 heavy (non-hydrogen) atoms. The van der Waals surface area contributed by atoms with Crippen LogP contribution in [-0.2, 0) is 0 Å². The summed E-state index contributed by atoms with van der Waals surface area (Å²) in [6.07, 6.45) is 5.19. The first kappa shape index (κ1) is 19.1. The molecule has 6 heteroatoms. The van der Waals surface area contributed by atoms with Gasteiger partial charge >= 0.3 is 0 Å². The Morgan fingerprint density at radius 3 is 2.71 bits per heavy atom. The second-order valence-corrected chi connectivity index (χ2v) is 9.23. The lowest BCUT2D eigenvalue weighted by atomic mass is 9.71. The van der Waals surface area contributed by atoms with Crippen molar-refractivity contribution >= 4 is 11.6 Å². The molecule has 2 fully saturated rings. The van der Waals surface area contributed by atoms with E-state index in [0.717, 1.165) is 12.2 Å². The van der Waals surface area contributed by atoms with Gasteiger partial charge in [0.05, 0.1) is 6.61 Å². The normalized spacial score (nSPS) is 27.0. The number of aliphatic hydroxyl groups excluding tert-OH is 1. The molecule has 0 radical (unpaired) electrons. The molecule has 3 heterocycles. The van der Waals surface area contributed by atoms with E-state index in [2.05, 4.69) is 11.0 Å². The lowest BCUT2D eigenvalue weighted by Crippen LogP contribution is -2.69. The van der Waals surface area contributed by atoms with E-state index in [0.29, 0.717) is 29.5 Å². The zero-order chi connectivity index (χ0) is 20.9. The van der Waals surface area contributed by atoms with Crippen LogP contribution < -0.4 is 14.4 Å². The van der Waals surface area contributed by atoms with E-state index in [1.807, 2.05) is 35.2 Å². The molecule has 1 saturated heterocycles. The van der Waals surface area contributed by atoms with Crippen LogP contribution in [0, 0.1) is 5.92 Å². The number of aliphatic hydroxyl groups is 1. The summed E-state index contributed by atoms with van der Waals surface area (Å²) < 4.78 is 10.9. The van der Waals surface area contributed by atoms with Gasteiger partial charge in [0.15, 0.2) is 11.5 Å². The van der Waals surface area contributed by atoms with E-state index >= 15 is 0 Å². The smallest absolute Gasteiger partial charge is 0.258 e. The van der Waals surface area contributed by atoms with Crippen molar-refractivity contribution in [3.05, 3.63) is 53.6 Å². The Bertz CT molecular complexity index is 1000. The minimum absolute atomic E-state index is 0.0162. The van der Waals surface area contributed by atoms with Gasteiger partial charge in [0.1, 0.15) is 0 Å². The van der Waals surface area contributed by atoms with Gasteiger partial charge in [-0.3, -0.25) is 9.69 Å². The van der Waals surface area contributed by atoms with E-state index in [1.54, 1.807) is 6.07 Å². The number of carbonyl (C=O) groups excluding carboxylic acids is 1. The number of para-hydroxylation sites is 1. The van der Waals surface area contributed by atoms with Crippen molar-refractivity contribution in [2.75, 3.05) is 31.4 Å². The molecule has 1 amide bonds. The molecular formula is C25H28N2O4. The minimum Gasteiger partial charge on any atom is -0.454 e. The molecule has 1 aliphatic carbocycles. The Balaban J connectivity index is 1.32. The molecule has 0 unspecified atom stereocenters. The summed E-state index contributed by atoms with van der Waals surface area (Å²) in [6, 6.07) is 14.0. The molecule has 3 atom stereocenters. The van der Waals surface area contributed by atoms with Gasteiger partial charge in [0.2, 0.25) is 6.79 Å². The van der Waals surface area contributed by atoms with Gasteiger partial charge in [-0.25, -0.2) is 0 Å². The zero-order valence-corrected chi connectivity index (χ0v) is 17.6. The second kappa shape index (κ2) is 7.53. The van der Waals surface area contributed by atoms with Crippen molar-refractivity contribution < 1.29 is 19.4 Å². The predicted molar refractivity (Wildman–Crippen MR) is 117 cm³/mol. The molecule has 2 aromatic carbocycles. The number of anilines is 1. The summed E-state index contributed by atoms with van der Waals surface area (Å²) in [5.41, 5.74) is 2.75. The maximum absolute atomic E-state index is 13.6. The first-order valence-corrected chi connectivity index (χ1v) is 11.4. The van der Waals surface area contributed by atoms with Crippen molar-refractivity contribution in [1.29, 1.82) is 0 Å². The number of hydrogen-bond acceptors (Lipinski definition) is 5. The zero-order valence-electron chi connectivity index (χ0n) is 17.6. The van der Waals surface area contributed by atoms with Gasteiger partial charge in [0, 0.05) is 42.3 Å². The predicted octanol–water partition coefficient (Wildman–Crippen LogP) is 3.39. The third-order valence-corrected chi connectivity index (χ3v) is 7.63. The van der Waals surface area contributed by atoms with E-state index in [4.69, 9.17) is 9.47 Å². The second-order valence-electron chi connectivity index (χ2n) is 9.23. The average molecular weight is 421 g/mol. The van der Waals surface area contributed by atoms with Crippen LogP contribution >= 0.6 is 0 Å². The van der Waals surface area contributed by atoms with E-state index < -0.39 is 0 Å². The highest BCUT2D eigenvalue weighted by molar-refractivity contribution is 6.07. The Kier molecular flexibility index (Phi) is 4.65. The first-order chi connectivity index (χ1) is 15.2. The highest BCUT2D eigenvalue weighted by Gasteiger charge is 2.53. The standard InChI is InChI=1S/C25H28N2O4/c28-14-21-24-18-7-3-4-8-19(18)27(13-20(24)26(21)12-16-5-1-2-6-16)25(29)17-9-10-22-23(11-17)31-15-30-22/h3-4,7-11,16,20-21,24,28H,1-2,5-6,12-15H2/t20-,21+,24+/m0/s1. The maximum Gasteiger partial charge on any atom is 0.258 e. The van der Waals surface area contributed by atoms with Gasteiger partial charge in [-0.15, -0.1) is 0 Å². The number of hydrogen-bond donors (Lipinski definition) is 1. The van der Waals surface area contributed by atoms with Crippen molar-refractivity contribution in [2.24, 2.45) is 5.92 Å². The number of ether oxygens (including phenoxy) is 2. The van der Waals surface area contributed by atoms with Crippen LogP contribution in [0.3, 0.4) is 0 Å². The van der Waals surface area contributed by atoms with Crippen LogP contribution in [0.1, 0.15) is 47.5 Å². The molecule has 162 valence electrons. The minimum atomic E-state index is -0.0162. The van der Waals surface area contributed by atoms with Crippen LogP contribution in [0.2, 0.25) is 0 Å². The number of carbonyl (C=O) groups is 1. The number of amides is 1. The molecule has 2 aromatic rings. The summed E-state index contributed by atoms with van der Waals surface area (Å²) in [5.74, 6) is 2.29. The summed E-state index contributed by atoms with van der Waals surface area (Å²) in [4.78, 5) is 18.0. The Hall–Kier alpha value is -2.57. The SMILES string of the molecule is O=C(c1ccc2c(c1)OCO2)N1C[C@H]2[C@@H](c3ccccc31)[C@@H](CO)N2CC1CCCC1. The van der Waals surface area contributed by atoms with Gasteiger partial charge in [-0.05, 0) is 48.6 Å². The Morgan fingerprint density at radius 1 is 1.06 bits per heavy atom. The molecule has 0 aromatic heterocycles. The average Bonchev–Trinajstić information content (AvgIpc) is 3.48. The third kappa shape index (κ3) is 3.04. The van der Waals surface area contributed by atoms with E-state index in [-0.39, 0.29) is 37.3 Å². The number of rotatable bonds is 4. The van der Waals surface area contributed by atoms with Crippen molar-refractivity contribution in [3.63, 3.8) is 0 Å². The van der Waals surface area contributed by atoms with Crippen LogP contribution in [0.5, 0.6) is 11.5 Å². The summed E-state index contributed by atoms with van der Waals surface area (Å²) >= 11 is 0. The number of likely N-dealkylation sites (tertiary alicyclic amines) is 1.